The van der Waals surface area contributed by atoms with Gasteiger partial charge in [-0.25, -0.2) is 0 Å². The summed E-state index contributed by atoms with van der Waals surface area (Å²) in [7, 11) is 0. The zero-order chi connectivity index (χ0) is 12.6. The normalized spacial score (nSPS) is 17.9. The number of Topliss-reactive ketones (excluding diaryl/α,β-unsaturated/α-hetero) is 1. The number of esters is 1. The predicted molar refractivity (Wildman–Crippen MR) is 59.5 cm³/mol. The van der Waals surface area contributed by atoms with Gasteiger partial charge in [0.2, 0.25) is 17.9 Å². The minimum atomic E-state index is -1.16. The molecule has 1 amide bonds. The Morgan fingerprint density at radius 3 is 2.47 bits per heavy atom. The number of para-hydroxylation sites is 1. The van der Waals surface area contributed by atoms with Crippen molar-refractivity contribution >= 4 is 23.3 Å². The van der Waals surface area contributed by atoms with E-state index in [9.17, 15) is 14.4 Å². The molecule has 2 rings (SSSR count). The number of ketones is 1. The van der Waals surface area contributed by atoms with Crippen LogP contribution in [0.25, 0.3) is 0 Å². The fourth-order valence-corrected chi connectivity index (χ4v) is 1.87. The molecule has 1 aliphatic heterocycles. The highest BCUT2D eigenvalue weighted by atomic mass is 16.6. The predicted octanol–water partition coefficient (Wildman–Crippen LogP) is 1.12. The van der Waals surface area contributed by atoms with Crippen molar-refractivity contribution < 1.29 is 19.1 Å². The van der Waals surface area contributed by atoms with Crippen LogP contribution in [0.3, 0.4) is 0 Å². The number of hydrogen-bond donors (Lipinski definition) is 0. The quantitative estimate of drug-likeness (QED) is 0.682. The van der Waals surface area contributed by atoms with E-state index in [0.717, 1.165) is 0 Å². The second-order valence-corrected chi connectivity index (χ2v) is 3.73. The molecule has 0 aliphatic carbocycles. The molecule has 88 valence electrons. The molecule has 0 N–H and O–H groups in total. The van der Waals surface area contributed by atoms with Crippen molar-refractivity contribution in [2.45, 2.75) is 20.1 Å². The van der Waals surface area contributed by atoms with Crippen molar-refractivity contribution in [2.75, 3.05) is 4.90 Å². The molecule has 1 heterocycles. The van der Waals surface area contributed by atoms with Gasteiger partial charge in [0.05, 0.1) is 5.69 Å². The van der Waals surface area contributed by atoms with Crippen molar-refractivity contribution in [1.82, 2.24) is 0 Å². The van der Waals surface area contributed by atoms with Crippen LogP contribution in [0.1, 0.15) is 24.2 Å². The van der Waals surface area contributed by atoms with Gasteiger partial charge in [0.15, 0.2) is 0 Å². The van der Waals surface area contributed by atoms with Crippen LogP contribution in [-0.2, 0) is 14.3 Å². The van der Waals surface area contributed by atoms with E-state index in [1.165, 1.54) is 18.7 Å². The van der Waals surface area contributed by atoms with Gasteiger partial charge in [-0.2, -0.15) is 0 Å². The van der Waals surface area contributed by atoms with E-state index in [2.05, 4.69) is 0 Å². The number of carbonyl (C=O) groups is 3. The van der Waals surface area contributed by atoms with Crippen LogP contribution in [0.4, 0.5) is 5.69 Å². The molecule has 5 heteroatoms. The first-order valence-electron chi connectivity index (χ1n) is 5.12. The third kappa shape index (κ3) is 1.80. The standard InChI is InChI=1S/C12H11NO4/c1-7(14)13-10-6-4-3-5-9(10)11(16)12(13)17-8(2)15/h3-6,12H,1-2H3/t12-/m1/s1. The maximum Gasteiger partial charge on any atom is 0.304 e. The lowest BCUT2D eigenvalue weighted by Crippen LogP contribution is -2.41. The molecule has 0 spiro atoms. The number of nitrogens with zero attached hydrogens (tertiary/aromatic N) is 1. The van der Waals surface area contributed by atoms with Crippen LogP contribution < -0.4 is 4.90 Å². The Labute approximate surface area is 98.0 Å². The molecule has 0 saturated carbocycles. The molecule has 0 radical (unpaired) electrons. The SMILES string of the molecule is CC(=O)O[C@@H]1C(=O)c2ccccc2N1C(C)=O. The smallest absolute Gasteiger partial charge is 0.304 e. The van der Waals surface area contributed by atoms with Crippen LogP contribution in [-0.4, -0.2) is 23.9 Å². The molecule has 0 bridgehead atoms. The summed E-state index contributed by atoms with van der Waals surface area (Å²) in [6.45, 7) is 2.53. The average molecular weight is 233 g/mol. The Balaban J connectivity index is 2.47. The summed E-state index contributed by atoms with van der Waals surface area (Å²) in [5.41, 5.74) is 0.880. The monoisotopic (exact) mass is 233 g/mol. The highest BCUT2D eigenvalue weighted by molar-refractivity contribution is 6.17. The molecule has 1 aliphatic rings. The van der Waals surface area contributed by atoms with Gasteiger partial charge in [0, 0.05) is 19.4 Å². The van der Waals surface area contributed by atoms with E-state index in [1.807, 2.05) is 0 Å². The molecular formula is C12H11NO4. The number of amides is 1. The summed E-state index contributed by atoms with van der Waals surface area (Å²) >= 11 is 0. The first-order chi connectivity index (χ1) is 8.02. The molecule has 5 nitrogen and oxygen atoms in total. The third-order valence-corrected chi connectivity index (χ3v) is 2.50. The largest absolute Gasteiger partial charge is 0.433 e. The van der Waals surface area contributed by atoms with Gasteiger partial charge in [-0.15, -0.1) is 0 Å². The van der Waals surface area contributed by atoms with Gasteiger partial charge in [0.25, 0.3) is 0 Å². The van der Waals surface area contributed by atoms with Crippen LogP contribution in [0.2, 0.25) is 0 Å². The van der Waals surface area contributed by atoms with Gasteiger partial charge in [-0.3, -0.25) is 19.3 Å². The fraction of sp³-hybridized carbons (Fsp3) is 0.250. The van der Waals surface area contributed by atoms with Crippen molar-refractivity contribution in [3.05, 3.63) is 29.8 Å². The summed E-state index contributed by atoms with van der Waals surface area (Å²) in [4.78, 5) is 35.7. The Morgan fingerprint density at radius 2 is 1.88 bits per heavy atom. The summed E-state index contributed by atoms with van der Waals surface area (Å²) in [5.74, 6) is -1.30. The van der Waals surface area contributed by atoms with Crippen molar-refractivity contribution in [3.63, 3.8) is 0 Å². The van der Waals surface area contributed by atoms with Crippen molar-refractivity contribution in [1.29, 1.82) is 0 Å². The summed E-state index contributed by atoms with van der Waals surface area (Å²) in [6.07, 6.45) is -1.16. The molecule has 0 fully saturated rings. The number of rotatable bonds is 1. The Hall–Kier alpha value is -2.17. The second kappa shape index (κ2) is 4.01. The number of anilines is 1. The average Bonchev–Trinajstić information content (AvgIpc) is 2.52. The number of hydrogen-bond acceptors (Lipinski definition) is 4. The van der Waals surface area contributed by atoms with Gasteiger partial charge in [0.1, 0.15) is 0 Å². The number of fused-ring (bicyclic) bond motifs is 1. The lowest BCUT2D eigenvalue weighted by molar-refractivity contribution is -0.144. The third-order valence-electron chi connectivity index (χ3n) is 2.50. The van der Waals surface area contributed by atoms with E-state index in [4.69, 9.17) is 4.74 Å². The van der Waals surface area contributed by atoms with Gasteiger partial charge in [-0.05, 0) is 12.1 Å². The van der Waals surface area contributed by atoms with Crippen LogP contribution in [0.5, 0.6) is 0 Å². The number of benzene rings is 1. The van der Waals surface area contributed by atoms with Crippen LogP contribution >= 0.6 is 0 Å². The minimum Gasteiger partial charge on any atom is -0.433 e. The van der Waals surface area contributed by atoms with Crippen molar-refractivity contribution in [2.24, 2.45) is 0 Å². The summed E-state index contributed by atoms with van der Waals surface area (Å²) < 4.78 is 4.90. The van der Waals surface area contributed by atoms with Gasteiger partial charge >= 0.3 is 5.97 Å². The van der Waals surface area contributed by atoms with Gasteiger partial charge in [-0.1, -0.05) is 12.1 Å². The van der Waals surface area contributed by atoms with Crippen LogP contribution in [0, 0.1) is 0 Å². The molecule has 0 saturated heterocycles. The summed E-state index contributed by atoms with van der Waals surface area (Å²) in [5, 5.41) is 0. The van der Waals surface area contributed by atoms with Crippen LogP contribution in [0.15, 0.2) is 24.3 Å². The Morgan fingerprint density at radius 1 is 1.24 bits per heavy atom. The first kappa shape index (κ1) is 11.3. The molecule has 1 atom stereocenters. The topological polar surface area (TPSA) is 63.7 Å². The zero-order valence-corrected chi connectivity index (χ0v) is 9.47. The zero-order valence-electron chi connectivity index (χ0n) is 9.47. The molecule has 0 aromatic heterocycles. The van der Waals surface area contributed by atoms with E-state index in [0.29, 0.717) is 11.3 Å². The Kier molecular flexibility index (Phi) is 2.67. The minimum absolute atomic E-state index is 0.338. The number of carbonyl (C=O) groups excluding carboxylic acids is 3. The molecule has 1 aromatic rings. The lowest BCUT2D eigenvalue weighted by atomic mass is 10.1. The van der Waals surface area contributed by atoms with E-state index < -0.39 is 12.2 Å². The summed E-state index contributed by atoms with van der Waals surface area (Å²) in [6, 6.07) is 6.68. The van der Waals surface area contributed by atoms with Gasteiger partial charge < -0.3 is 4.74 Å². The maximum absolute atomic E-state index is 12.0. The maximum atomic E-state index is 12.0. The Bertz CT molecular complexity index is 509. The lowest BCUT2D eigenvalue weighted by Gasteiger charge is -2.21. The molecule has 17 heavy (non-hydrogen) atoms. The van der Waals surface area contributed by atoms with E-state index in [1.54, 1.807) is 24.3 Å². The molecular weight excluding hydrogens is 222 g/mol. The van der Waals surface area contributed by atoms with Crippen molar-refractivity contribution in [3.8, 4) is 0 Å². The molecule has 0 unspecified atom stereocenters. The molecule has 1 aromatic carbocycles. The van der Waals surface area contributed by atoms with E-state index >= 15 is 0 Å². The highest BCUT2D eigenvalue weighted by Gasteiger charge is 2.41. The first-order valence-corrected chi connectivity index (χ1v) is 5.12. The second-order valence-electron chi connectivity index (χ2n) is 3.73. The highest BCUT2D eigenvalue weighted by Crippen LogP contribution is 2.32. The van der Waals surface area contributed by atoms with E-state index in [-0.39, 0.29) is 11.7 Å². The number of ether oxygens (including phenoxy) is 1. The fourth-order valence-electron chi connectivity index (χ4n) is 1.87.